The third kappa shape index (κ3) is 5.19. The third-order valence-corrected chi connectivity index (χ3v) is 4.62. The predicted molar refractivity (Wildman–Crippen MR) is 105 cm³/mol. The normalized spacial score (nSPS) is 14.1. The van der Waals surface area contributed by atoms with E-state index < -0.39 is 12.4 Å². The summed E-state index contributed by atoms with van der Waals surface area (Å²) in [7, 11) is 0. The molecular weight excluding hydrogens is 367 g/mol. The molecule has 0 saturated heterocycles. The molecule has 0 heterocycles. The van der Waals surface area contributed by atoms with E-state index in [1.54, 1.807) is 0 Å². The monoisotopic (exact) mass is 395 g/mol. The molecule has 28 heavy (non-hydrogen) atoms. The van der Waals surface area contributed by atoms with Gasteiger partial charge in [0.25, 0.3) is 0 Å². The van der Waals surface area contributed by atoms with Gasteiger partial charge >= 0.3 is 6.36 Å². The smallest absolute Gasteiger partial charge is 0.507 e. The van der Waals surface area contributed by atoms with E-state index in [4.69, 9.17) is 5.73 Å². The summed E-state index contributed by atoms with van der Waals surface area (Å²) in [6.45, 7) is 12.2. The van der Waals surface area contributed by atoms with E-state index in [0.29, 0.717) is 11.1 Å². The second kappa shape index (κ2) is 7.32. The van der Waals surface area contributed by atoms with Crippen LogP contribution in [0.5, 0.6) is 11.5 Å². The zero-order valence-electron chi connectivity index (χ0n) is 17.1. The summed E-state index contributed by atoms with van der Waals surface area (Å²) in [5.74, 6) is -0.199. The molecule has 0 aliphatic carbocycles. The lowest BCUT2D eigenvalue weighted by Crippen LogP contribution is -2.20. The van der Waals surface area contributed by atoms with Gasteiger partial charge in [-0.2, -0.15) is 0 Å². The van der Waals surface area contributed by atoms with Gasteiger partial charge in [-0.3, -0.25) is 0 Å². The Hall–Kier alpha value is -2.21. The van der Waals surface area contributed by atoms with Crippen LogP contribution in [0, 0.1) is 0 Å². The van der Waals surface area contributed by atoms with Crippen LogP contribution in [-0.2, 0) is 10.8 Å². The van der Waals surface area contributed by atoms with Gasteiger partial charge in [-0.1, -0.05) is 59.7 Å². The second-order valence-corrected chi connectivity index (χ2v) is 9.06. The van der Waals surface area contributed by atoms with Crippen molar-refractivity contribution >= 4 is 0 Å². The van der Waals surface area contributed by atoms with Crippen molar-refractivity contribution in [2.24, 2.45) is 5.73 Å². The highest BCUT2D eigenvalue weighted by atomic mass is 19.4. The zero-order chi connectivity index (χ0) is 21.5. The number of halogens is 3. The highest BCUT2D eigenvalue weighted by molar-refractivity contribution is 5.52. The number of alkyl halides is 3. The first-order valence-corrected chi connectivity index (χ1v) is 9.09. The van der Waals surface area contributed by atoms with E-state index in [2.05, 4.69) is 25.5 Å². The number of benzene rings is 2. The van der Waals surface area contributed by atoms with E-state index in [-0.39, 0.29) is 22.3 Å². The minimum Gasteiger partial charge on any atom is -0.507 e. The molecule has 0 aliphatic rings. The van der Waals surface area contributed by atoms with Crippen LogP contribution in [-0.4, -0.2) is 11.5 Å². The molecule has 0 radical (unpaired) electrons. The van der Waals surface area contributed by atoms with Crippen molar-refractivity contribution in [1.82, 2.24) is 0 Å². The van der Waals surface area contributed by atoms with Gasteiger partial charge in [0, 0.05) is 5.56 Å². The molecule has 3 N–H and O–H groups in total. The standard InChI is InChI=1S/C22H28F3NO2/c1-20(2,3)14-11-16(19(27)17(12-14)21(4,5)6)18(26)13-7-9-15(10-8-13)28-22(23,24)25/h7-12,18,27H,26H2,1-6H3/t18-/m0/s1. The maximum Gasteiger partial charge on any atom is 0.573 e. The van der Waals surface area contributed by atoms with Gasteiger partial charge in [-0.05, 0) is 45.7 Å². The molecule has 0 unspecified atom stereocenters. The van der Waals surface area contributed by atoms with Gasteiger partial charge in [-0.15, -0.1) is 13.2 Å². The van der Waals surface area contributed by atoms with E-state index >= 15 is 0 Å². The van der Waals surface area contributed by atoms with Crippen LogP contribution in [0.2, 0.25) is 0 Å². The molecule has 1 atom stereocenters. The van der Waals surface area contributed by atoms with E-state index in [9.17, 15) is 18.3 Å². The molecule has 0 saturated carbocycles. The van der Waals surface area contributed by atoms with Crippen LogP contribution >= 0.6 is 0 Å². The predicted octanol–water partition coefficient (Wildman–Crippen LogP) is 5.93. The van der Waals surface area contributed by atoms with Gasteiger partial charge in [0.15, 0.2) is 0 Å². The topological polar surface area (TPSA) is 55.5 Å². The summed E-state index contributed by atoms with van der Waals surface area (Å²) >= 11 is 0. The van der Waals surface area contributed by atoms with E-state index in [0.717, 1.165) is 11.1 Å². The van der Waals surface area contributed by atoms with Crippen molar-refractivity contribution in [2.75, 3.05) is 0 Å². The Morgan fingerprint density at radius 3 is 1.86 bits per heavy atom. The van der Waals surface area contributed by atoms with E-state index in [1.807, 2.05) is 32.9 Å². The van der Waals surface area contributed by atoms with Crippen molar-refractivity contribution in [3.05, 3.63) is 58.7 Å². The molecule has 2 aromatic rings. The third-order valence-electron chi connectivity index (χ3n) is 4.62. The Morgan fingerprint density at radius 2 is 1.43 bits per heavy atom. The van der Waals surface area contributed by atoms with Crippen molar-refractivity contribution < 1.29 is 23.0 Å². The summed E-state index contributed by atoms with van der Waals surface area (Å²) in [6.07, 6.45) is -4.75. The van der Waals surface area contributed by atoms with Gasteiger partial charge in [0.1, 0.15) is 11.5 Å². The lowest BCUT2D eigenvalue weighted by atomic mass is 9.77. The maximum atomic E-state index is 12.4. The molecule has 0 fully saturated rings. The molecule has 2 aromatic carbocycles. The maximum absolute atomic E-state index is 12.4. The van der Waals surface area contributed by atoms with Crippen LogP contribution in [0.4, 0.5) is 13.2 Å². The number of aromatic hydroxyl groups is 1. The van der Waals surface area contributed by atoms with Crippen LogP contribution in [0.3, 0.4) is 0 Å². The van der Waals surface area contributed by atoms with Crippen LogP contribution < -0.4 is 10.5 Å². The SMILES string of the molecule is CC(C)(C)c1cc([C@@H](N)c2ccc(OC(F)(F)F)cc2)c(O)c(C(C)(C)C)c1. The highest BCUT2D eigenvalue weighted by Crippen LogP contribution is 2.41. The number of nitrogens with two attached hydrogens (primary N) is 1. The number of hydrogen-bond acceptors (Lipinski definition) is 3. The summed E-state index contributed by atoms with van der Waals surface area (Å²) in [6, 6.07) is 8.57. The van der Waals surface area contributed by atoms with Gasteiger partial charge in [0.2, 0.25) is 0 Å². The van der Waals surface area contributed by atoms with Gasteiger partial charge < -0.3 is 15.6 Å². The van der Waals surface area contributed by atoms with Crippen LogP contribution in [0.1, 0.15) is 69.8 Å². The van der Waals surface area contributed by atoms with Crippen molar-refractivity contribution in [1.29, 1.82) is 0 Å². The molecule has 0 bridgehead atoms. The number of hydrogen-bond donors (Lipinski definition) is 2. The first kappa shape index (κ1) is 22.1. The second-order valence-electron chi connectivity index (χ2n) is 9.06. The Bertz CT molecular complexity index is 829. The molecule has 6 heteroatoms. The Kier molecular flexibility index (Phi) is 5.77. The minimum atomic E-state index is -4.75. The lowest BCUT2D eigenvalue weighted by Gasteiger charge is -2.29. The summed E-state index contributed by atoms with van der Waals surface area (Å²) in [4.78, 5) is 0. The molecule has 0 aliphatic heterocycles. The number of phenols is 1. The van der Waals surface area contributed by atoms with Crippen LogP contribution in [0.15, 0.2) is 36.4 Å². The van der Waals surface area contributed by atoms with Gasteiger partial charge in [0.05, 0.1) is 6.04 Å². The van der Waals surface area contributed by atoms with Crippen molar-refractivity contribution in [2.45, 2.75) is 64.8 Å². The Morgan fingerprint density at radius 1 is 0.893 bits per heavy atom. The van der Waals surface area contributed by atoms with Gasteiger partial charge in [-0.25, -0.2) is 0 Å². The molecule has 3 nitrogen and oxygen atoms in total. The fourth-order valence-electron chi connectivity index (χ4n) is 2.96. The highest BCUT2D eigenvalue weighted by Gasteiger charge is 2.31. The lowest BCUT2D eigenvalue weighted by molar-refractivity contribution is -0.274. The largest absolute Gasteiger partial charge is 0.573 e. The first-order valence-electron chi connectivity index (χ1n) is 9.09. The fourth-order valence-corrected chi connectivity index (χ4v) is 2.96. The fraction of sp³-hybridized carbons (Fsp3) is 0.455. The average Bonchev–Trinajstić information content (AvgIpc) is 2.51. The van der Waals surface area contributed by atoms with E-state index in [1.165, 1.54) is 24.3 Å². The summed E-state index contributed by atoms with van der Waals surface area (Å²) in [5.41, 5.74) is 8.86. The molecule has 154 valence electrons. The molecule has 0 aromatic heterocycles. The summed E-state index contributed by atoms with van der Waals surface area (Å²) in [5, 5.41) is 10.9. The number of rotatable bonds is 3. The first-order chi connectivity index (χ1) is 12.6. The van der Waals surface area contributed by atoms with Crippen molar-refractivity contribution in [3.63, 3.8) is 0 Å². The van der Waals surface area contributed by atoms with Crippen LogP contribution in [0.25, 0.3) is 0 Å². The quantitative estimate of drug-likeness (QED) is 0.677. The molecule has 0 amide bonds. The Labute approximate surface area is 164 Å². The Balaban J connectivity index is 2.51. The average molecular weight is 395 g/mol. The minimum absolute atomic E-state index is 0.114. The molecule has 0 spiro atoms. The summed E-state index contributed by atoms with van der Waals surface area (Å²) < 4.78 is 41.0. The molecular formula is C22H28F3NO2. The molecule has 2 rings (SSSR count). The zero-order valence-corrected chi connectivity index (χ0v) is 17.1. The number of ether oxygens (including phenoxy) is 1. The number of phenolic OH excluding ortho intramolecular Hbond substituents is 1. The van der Waals surface area contributed by atoms with Crippen molar-refractivity contribution in [3.8, 4) is 11.5 Å².